The second-order valence-electron chi connectivity index (χ2n) is 9.65. The van der Waals surface area contributed by atoms with Gasteiger partial charge in [0.25, 0.3) is 0 Å². The van der Waals surface area contributed by atoms with E-state index in [0.29, 0.717) is 17.5 Å². The highest BCUT2D eigenvalue weighted by molar-refractivity contribution is 7.91. The molecule has 2 aromatic rings. The molecule has 2 aliphatic rings. The molecule has 0 saturated carbocycles. The van der Waals surface area contributed by atoms with Crippen molar-refractivity contribution < 1.29 is 27.4 Å². The largest absolute Gasteiger partial charge is 0.497 e. The lowest BCUT2D eigenvalue weighted by atomic mass is 9.99. The number of likely N-dealkylation sites (tertiary alicyclic amines) is 2. The minimum Gasteiger partial charge on any atom is -0.497 e. The van der Waals surface area contributed by atoms with Gasteiger partial charge in [-0.2, -0.15) is 0 Å². The van der Waals surface area contributed by atoms with Crippen molar-refractivity contribution in [2.75, 3.05) is 33.3 Å². The third kappa shape index (κ3) is 6.31. The number of piperidine rings is 2. The van der Waals surface area contributed by atoms with Crippen LogP contribution >= 0.6 is 0 Å². The molecule has 2 aliphatic heterocycles. The van der Waals surface area contributed by atoms with Gasteiger partial charge in [-0.3, -0.25) is 4.90 Å². The van der Waals surface area contributed by atoms with Gasteiger partial charge < -0.3 is 19.1 Å². The molecule has 0 N–H and O–H groups in total. The van der Waals surface area contributed by atoms with Crippen molar-refractivity contribution in [3.8, 4) is 11.5 Å². The van der Waals surface area contributed by atoms with Crippen LogP contribution < -0.4 is 9.47 Å². The van der Waals surface area contributed by atoms with Crippen molar-refractivity contribution >= 4 is 15.9 Å². The summed E-state index contributed by atoms with van der Waals surface area (Å²) in [5.74, 6) is 1.29. The number of hydrogen-bond donors (Lipinski definition) is 0. The summed E-state index contributed by atoms with van der Waals surface area (Å²) in [6.45, 7) is 7.12. The summed E-state index contributed by atoms with van der Waals surface area (Å²) in [5.41, 5.74) is 0. The van der Waals surface area contributed by atoms with Crippen LogP contribution in [0.5, 0.6) is 11.5 Å². The zero-order valence-electron chi connectivity index (χ0n) is 21.3. The molecule has 0 aromatic heterocycles. The number of carbonyl (C=O) groups excluding carboxylic acids is 1. The Hall–Kier alpha value is -2.78. The first kappa shape index (κ1) is 26.3. The number of amides is 1. The van der Waals surface area contributed by atoms with Gasteiger partial charge in [0.05, 0.1) is 23.0 Å². The van der Waals surface area contributed by atoms with Gasteiger partial charge in [-0.25, -0.2) is 13.2 Å². The van der Waals surface area contributed by atoms with E-state index in [1.165, 1.54) is 0 Å². The normalized spacial score (nSPS) is 18.3. The van der Waals surface area contributed by atoms with E-state index in [1.807, 2.05) is 18.7 Å². The molecule has 196 valence electrons. The Bertz CT molecular complexity index is 1100. The van der Waals surface area contributed by atoms with Gasteiger partial charge in [-0.1, -0.05) is 0 Å². The van der Waals surface area contributed by atoms with Gasteiger partial charge in [-0.05, 0) is 88.1 Å². The molecule has 2 aromatic carbocycles. The van der Waals surface area contributed by atoms with Crippen LogP contribution in [-0.4, -0.2) is 75.8 Å². The first-order valence-electron chi connectivity index (χ1n) is 12.6. The second-order valence-corrected chi connectivity index (χ2v) is 11.6. The van der Waals surface area contributed by atoms with Crippen LogP contribution in [0, 0.1) is 0 Å². The highest BCUT2D eigenvalue weighted by atomic mass is 32.2. The number of benzene rings is 2. The number of carbonyl (C=O) groups is 1. The molecule has 4 rings (SSSR count). The number of hydrogen-bond acceptors (Lipinski definition) is 7. The maximum Gasteiger partial charge on any atom is 0.410 e. The van der Waals surface area contributed by atoms with Crippen molar-refractivity contribution in [2.24, 2.45) is 0 Å². The summed E-state index contributed by atoms with van der Waals surface area (Å²) in [5, 5.41) is 0. The molecule has 9 heteroatoms. The molecule has 0 aliphatic carbocycles. The fourth-order valence-corrected chi connectivity index (χ4v) is 6.09. The van der Waals surface area contributed by atoms with Crippen LogP contribution in [0.4, 0.5) is 4.79 Å². The van der Waals surface area contributed by atoms with Crippen LogP contribution in [0.1, 0.15) is 39.5 Å². The van der Waals surface area contributed by atoms with Gasteiger partial charge in [0, 0.05) is 32.2 Å². The molecular formula is C27H36N2O6S. The van der Waals surface area contributed by atoms with Gasteiger partial charge in [0.1, 0.15) is 17.6 Å². The minimum atomic E-state index is -3.60. The molecule has 0 radical (unpaired) electrons. The SMILES string of the molecule is COc1ccc(S(=O)(=O)c2ccc(OC3CCN(C4CCN(C(=O)OC(C)C)CC4)CC3)cc2)cc1. The van der Waals surface area contributed by atoms with Crippen molar-refractivity contribution in [3.05, 3.63) is 48.5 Å². The molecule has 0 spiro atoms. The van der Waals surface area contributed by atoms with E-state index >= 15 is 0 Å². The van der Waals surface area contributed by atoms with Crippen LogP contribution in [0.25, 0.3) is 0 Å². The van der Waals surface area contributed by atoms with E-state index < -0.39 is 9.84 Å². The van der Waals surface area contributed by atoms with E-state index in [0.717, 1.165) is 51.9 Å². The molecule has 1 amide bonds. The zero-order valence-corrected chi connectivity index (χ0v) is 22.1. The summed E-state index contributed by atoms with van der Waals surface area (Å²) in [7, 11) is -2.05. The van der Waals surface area contributed by atoms with Crippen LogP contribution in [0.15, 0.2) is 58.3 Å². The molecule has 2 saturated heterocycles. The maximum absolute atomic E-state index is 12.9. The predicted octanol–water partition coefficient (Wildman–Crippen LogP) is 4.38. The highest BCUT2D eigenvalue weighted by Gasteiger charge is 2.31. The third-order valence-corrected chi connectivity index (χ3v) is 8.64. The Morgan fingerprint density at radius 3 is 1.86 bits per heavy atom. The number of rotatable bonds is 7. The first-order valence-corrected chi connectivity index (χ1v) is 14.1. The highest BCUT2D eigenvalue weighted by Crippen LogP contribution is 2.27. The van der Waals surface area contributed by atoms with E-state index in [2.05, 4.69) is 4.90 Å². The molecular weight excluding hydrogens is 480 g/mol. The van der Waals surface area contributed by atoms with Crippen molar-refractivity contribution in [3.63, 3.8) is 0 Å². The molecule has 0 bridgehead atoms. The van der Waals surface area contributed by atoms with Crippen molar-refractivity contribution in [2.45, 2.75) is 67.6 Å². The second kappa shape index (κ2) is 11.5. The first-order chi connectivity index (χ1) is 17.3. The standard InChI is InChI=1S/C27H36N2O6S/c1-20(2)34-27(30)29-16-12-21(13-17-29)28-18-14-24(15-19-28)35-23-6-10-26(11-7-23)36(31,32)25-8-4-22(33-3)5-9-25/h4-11,20-21,24H,12-19H2,1-3H3. The number of nitrogens with zero attached hydrogens (tertiary/aromatic N) is 2. The van der Waals surface area contributed by atoms with E-state index in [4.69, 9.17) is 14.2 Å². The lowest BCUT2D eigenvalue weighted by Crippen LogP contribution is -2.50. The summed E-state index contributed by atoms with van der Waals surface area (Å²) in [6, 6.07) is 13.5. The number of methoxy groups -OCH3 is 1. The Balaban J connectivity index is 1.25. The maximum atomic E-state index is 12.9. The molecule has 8 nitrogen and oxygen atoms in total. The van der Waals surface area contributed by atoms with E-state index in [1.54, 1.807) is 55.6 Å². The molecule has 2 heterocycles. The summed E-state index contributed by atoms with van der Waals surface area (Å²) in [4.78, 5) is 16.9. The van der Waals surface area contributed by atoms with Crippen molar-refractivity contribution in [1.82, 2.24) is 9.80 Å². The average Bonchev–Trinajstić information content (AvgIpc) is 2.89. The Morgan fingerprint density at radius 1 is 0.833 bits per heavy atom. The Kier molecular flexibility index (Phi) is 8.41. The average molecular weight is 517 g/mol. The molecule has 36 heavy (non-hydrogen) atoms. The van der Waals surface area contributed by atoms with Crippen molar-refractivity contribution in [1.29, 1.82) is 0 Å². The summed E-state index contributed by atoms with van der Waals surface area (Å²) >= 11 is 0. The smallest absolute Gasteiger partial charge is 0.410 e. The third-order valence-electron chi connectivity index (χ3n) is 6.86. The van der Waals surface area contributed by atoms with E-state index in [9.17, 15) is 13.2 Å². The van der Waals surface area contributed by atoms with Gasteiger partial charge in [-0.15, -0.1) is 0 Å². The molecule has 2 fully saturated rings. The number of ether oxygens (including phenoxy) is 3. The van der Waals surface area contributed by atoms with Crippen LogP contribution in [0.2, 0.25) is 0 Å². The number of sulfone groups is 1. The summed E-state index contributed by atoms with van der Waals surface area (Å²) in [6.07, 6.45) is 3.56. The monoisotopic (exact) mass is 516 g/mol. The fraction of sp³-hybridized carbons (Fsp3) is 0.519. The lowest BCUT2D eigenvalue weighted by molar-refractivity contribution is 0.0357. The fourth-order valence-electron chi connectivity index (χ4n) is 4.83. The summed E-state index contributed by atoms with van der Waals surface area (Å²) < 4.78 is 42.4. The lowest BCUT2D eigenvalue weighted by Gasteiger charge is -2.41. The molecule has 0 unspecified atom stereocenters. The van der Waals surface area contributed by atoms with Crippen LogP contribution in [0.3, 0.4) is 0 Å². The predicted molar refractivity (Wildman–Crippen MR) is 136 cm³/mol. The topological polar surface area (TPSA) is 85.4 Å². The Labute approximate surface area is 214 Å². The van der Waals surface area contributed by atoms with Crippen LogP contribution in [-0.2, 0) is 14.6 Å². The van der Waals surface area contributed by atoms with Gasteiger partial charge >= 0.3 is 6.09 Å². The minimum absolute atomic E-state index is 0.0941. The molecule has 0 atom stereocenters. The Morgan fingerprint density at radius 2 is 1.36 bits per heavy atom. The van der Waals surface area contributed by atoms with Gasteiger partial charge in [0.2, 0.25) is 9.84 Å². The zero-order chi connectivity index (χ0) is 25.7. The van der Waals surface area contributed by atoms with E-state index in [-0.39, 0.29) is 28.1 Å². The quantitative estimate of drug-likeness (QED) is 0.540. The van der Waals surface area contributed by atoms with Gasteiger partial charge in [0.15, 0.2) is 0 Å².